The molecule has 3 aromatic rings. The number of fused-ring (bicyclic) bond motifs is 2. The highest BCUT2D eigenvalue weighted by atomic mass is 35.5. The first kappa shape index (κ1) is 13.8. The summed E-state index contributed by atoms with van der Waals surface area (Å²) >= 11 is 7.24. The maximum Gasteiger partial charge on any atom is 0.287 e. The fourth-order valence-electron chi connectivity index (χ4n) is 2.15. The summed E-state index contributed by atoms with van der Waals surface area (Å²) in [7, 11) is 1.51. The van der Waals surface area contributed by atoms with E-state index in [0.29, 0.717) is 15.8 Å². The number of non-ortho nitro benzene ring substituents is 1. The number of nitro benzene ring substituents is 1. The van der Waals surface area contributed by atoms with Gasteiger partial charge in [-0.2, -0.15) is 0 Å². The monoisotopic (exact) mass is 321 g/mol. The standard InChI is InChI=1S/C14H8ClNO4S/c1-20-7-2-5-11-8(6-7)13(17)12-9(15)3-4-10(16(18)19)14(12)21-11/h2-6H,1H3. The van der Waals surface area contributed by atoms with E-state index in [1.807, 2.05) is 0 Å². The normalized spacial score (nSPS) is 11.0. The number of methoxy groups -OCH3 is 1. The number of hydrogen-bond donors (Lipinski definition) is 0. The molecule has 3 rings (SSSR count). The van der Waals surface area contributed by atoms with E-state index in [1.165, 1.54) is 30.6 Å². The van der Waals surface area contributed by atoms with Crippen molar-refractivity contribution in [2.45, 2.75) is 0 Å². The Bertz CT molecular complexity index is 951. The Kier molecular flexibility index (Phi) is 3.27. The highest BCUT2D eigenvalue weighted by Gasteiger charge is 2.19. The van der Waals surface area contributed by atoms with E-state index in [4.69, 9.17) is 16.3 Å². The summed E-state index contributed by atoms with van der Waals surface area (Å²) in [5.41, 5.74) is -0.444. The van der Waals surface area contributed by atoms with Gasteiger partial charge < -0.3 is 4.74 Å². The molecule has 0 bridgehead atoms. The summed E-state index contributed by atoms with van der Waals surface area (Å²) in [6.07, 6.45) is 0. The quantitative estimate of drug-likeness (QED) is 0.406. The molecular weight excluding hydrogens is 314 g/mol. The molecule has 0 amide bonds. The Hall–Kier alpha value is -2.18. The van der Waals surface area contributed by atoms with Gasteiger partial charge in [0.1, 0.15) is 10.4 Å². The molecule has 0 fully saturated rings. The maximum atomic E-state index is 12.6. The second kappa shape index (κ2) is 4.98. The van der Waals surface area contributed by atoms with E-state index in [9.17, 15) is 14.9 Å². The largest absolute Gasteiger partial charge is 0.497 e. The molecule has 0 spiro atoms. The van der Waals surface area contributed by atoms with E-state index in [-0.39, 0.29) is 26.2 Å². The lowest BCUT2D eigenvalue weighted by Crippen LogP contribution is -2.03. The van der Waals surface area contributed by atoms with Gasteiger partial charge in [-0.3, -0.25) is 14.9 Å². The molecule has 106 valence electrons. The van der Waals surface area contributed by atoms with Crippen molar-refractivity contribution in [2.24, 2.45) is 0 Å². The smallest absolute Gasteiger partial charge is 0.287 e. The van der Waals surface area contributed by atoms with Crippen LogP contribution >= 0.6 is 22.9 Å². The number of benzene rings is 2. The molecule has 0 unspecified atom stereocenters. The van der Waals surface area contributed by atoms with Crippen LogP contribution in [-0.2, 0) is 0 Å². The zero-order valence-electron chi connectivity index (χ0n) is 10.8. The van der Waals surface area contributed by atoms with Gasteiger partial charge in [0.2, 0.25) is 0 Å². The summed E-state index contributed by atoms with van der Waals surface area (Å²) in [4.78, 5) is 23.2. The van der Waals surface area contributed by atoms with Crippen molar-refractivity contribution < 1.29 is 9.66 Å². The van der Waals surface area contributed by atoms with Crippen molar-refractivity contribution in [3.63, 3.8) is 0 Å². The predicted molar refractivity (Wildman–Crippen MR) is 83.8 cm³/mol. The average Bonchev–Trinajstić information content (AvgIpc) is 2.46. The van der Waals surface area contributed by atoms with E-state index < -0.39 is 4.92 Å². The van der Waals surface area contributed by atoms with Gasteiger partial charge in [-0.15, -0.1) is 11.3 Å². The molecule has 7 heteroatoms. The molecule has 0 saturated carbocycles. The van der Waals surface area contributed by atoms with Gasteiger partial charge in [-0.1, -0.05) is 11.6 Å². The lowest BCUT2D eigenvalue weighted by molar-refractivity contribution is -0.382. The summed E-state index contributed by atoms with van der Waals surface area (Å²) in [5.74, 6) is 0.549. The molecule has 1 heterocycles. The van der Waals surface area contributed by atoms with E-state index in [0.717, 1.165) is 0 Å². The van der Waals surface area contributed by atoms with Crippen LogP contribution in [0.5, 0.6) is 5.75 Å². The van der Waals surface area contributed by atoms with Crippen LogP contribution in [-0.4, -0.2) is 12.0 Å². The fraction of sp³-hybridized carbons (Fsp3) is 0.0714. The number of halogens is 1. The van der Waals surface area contributed by atoms with Crippen LogP contribution in [0.2, 0.25) is 5.02 Å². The third-order valence-electron chi connectivity index (χ3n) is 3.15. The van der Waals surface area contributed by atoms with Crippen molar-refractivity contribution in [1.82, 2.24) is 0 Å². The van der Waals surface area contributed by atoms with E-state index in [2.05, 4.69) is 0 Å². The molecule has 0 aliphatic heterocycles. The zero-order chi connectivity index (χ0) is 15.1. The van der Waals surface area contributed by atoms with E-state index >= 15 is 0 Å². The lowest BCUT2D eigenvalue weighted by Gasteiger charge is -2.05. The number of rotatable bonds is 2. The first-order valence-electron chi connectivity index (χ1n) is 5.90. The topological polar surface area (TPSA) is 69.4 Å². The minimum Gasteiger partial charge on any atom is -0.497 e. The summed E-state index contributed by atoms with van der Waals surface area (Å²) in [6.45, 7) is 0. The molecule has 0 atom stereocenters. The van der Waals surface area contributed by atoms with Crippen LogP contribution in [0.15, 0.2) is 35.1 Å². The molecule has 1 aromatic heterocycles. The summed E-state index contributed by atoms with van der Waals surface area (Å²) in [5, 5.41) is 11.9. The Labute approximate surface area is 127 Å². The fourth-order valence-corrected chi connectivity index (χ4v) is 3.62. The average molecular weight is 322 g/mol. The first-order valence-corrected chi connectivity index (χ1v) is 7.10. The molecule has 0 N–H and O–H groups in total. The van der Waals surface area contributed by atoms with Crippen LogP contribution < -0.4 is 10.2 Å². The lowest BCUT2D eigenvalue weighted by atomic mass is 10.1. The highest BCUT2D eigenvalue weighted by Crippen LogP contribution is 2.36. The molecule has 5 nitrogen and oxygen atoms in total. The van der Waals surface area contributed by atoms with Crippen molar-refractivity contribution >= 4 is 48.8 Å². The van der Waals surface area contributed by atoms with Gasteiger partial charge in [-0.05, 0) is 24.3 Å². The molecule has 0 aliphatic carbocycles. The molecule has 0 aliphatic rings. The molecule has 2 aromatic carbocycles. The maximum absolute atomic E-state index is 12.6. The van der Waals surface area contributed by atoms with Gasteiger partial charge in [0.05, 0.1) is 22.4 Å². The Morgan fingerprint density at radius 2 is 2.05 bits per heavy atom. The van der Waals surface area contributed by atoms with Crippen LogP contribution in [0.25, 0.3) is 20.2 Å². The van der Waals surface area contributed by atoms with Gasteiger partial charge in [0.25, 0.3) is 5.69 Å². The zero-order valence-corrected chi connectivity index (χ0v) is 12.3. The summed E-state index contributed by atoms with van der Waals surface area (Å²) in [6, 6.07) is 7.73. The molecular formula is C14H8ClNO4S. The van der Waals surface area contributed by atoms with Crippen LogP contribution in [0.4, 0.5) is 5.69 Å². The van der Waals surface area contributed by atoms with Gasteiger partial charge in [0.15, 0.2) is 5.43 Å². The first-order chi connectivity index (χ1) is 10.0. The highest BCUT2D eigenvalue weighted by molar-refractivity contribution is 7.25. The predicted octanol–water partition coefficient (Wildman–Crippen LogP) is 3.98. The van der Waals surface area contributed by atoms with Gasteiger partial charge in [0, 0.05) is 16.2 Å². The number of nitro groups is 1. The minimum atomic E-state index is -0.510. The summed E-state index contributed by atoms with van der Waals surface area (Å²) < 4.78 is 6.04. The number of nitrogens with zero attached hydrogens (tertiary/aromatic N) is 1. The number of hydrogen-bond acceptors (Lipinski definition) is 5. The minimum absolute atomic E-state index is 0.116. The second-order valence-electron chi connectivity index (χ2n) is 4.32. The van der Waals surface area contributed by atoms with Crippen molar-refractivity contribution in [2.75, 3.05) is 7.11 Å². The Morgan fingerprint density at radius 3 is 2.71 bits per heavy atom. The third-order valence-corrected chi connectivity index (χ3v) is 4.66. The SMILES string of the molecule is COc1ccc2sc3c([N+](=O)[O-])ccc(Cl)c3c(=O)c2c1. The van der Waals surface area contributed by atoms with Gasteiger partial charge >= 0.3 is 0 Å². The van der Waals surface area contributed by atoms with Crippen molar-refractivity contribution in [3.05, 3.63) is 55.7 Å². The van der Waals surface area contributed by atoms with Crippen LogP contribution in [0.1, 0.15) is 0 Å². The molecule has 0 radical (unpaired) electrons. The molecule has 21 heavy (non-hydrogen) atoms. The second-order valence-corrected chi connectivity index (χ2v) is 5.78. The van der Waals surface area contributed by atoms with Gasteiger partial charge in [-0.25, -0.2) is 0 Å². The molecule has 0 saturated heterocycles. The van der Waals surface area contributed by atoms with Crippen molar-refractivity contribution in [3.8, 4) is 5.75 Å². The Morgan fingerprint density at radius 1 is 1.29 bits per heavy atom. The third kappa shape index (κ3) is 2.12. The van der Waals surface area contributed by atoms with Crippen molar-refractivity contribution in [1.29, 1.82) is 0 Å². The van der Waals surface area contributed by atoms with Crippen LogP contribution in [0.3, 0.4) is 0 Å². The number of ether oxygens (including phenoxy) is 1. The van der Waals surface area contributed by atoms with E-state index in [1.54, 1.807) is 18.2 Å². The Balaban J connectivity index is 2.55. The van der Waals surface area contributed by atoms with Crippen LogP contribution in [0, 0.1) is 10.1 Å².